The molecule has 0 bridgehead atoms. The third kappa shape index (κ3) is 6.94. The van der Waals surface area contributed by atoms with E-state index in [0.29, 0.717) is 30.3 Å². The Labute approximate surface area is 179 Å². The van der Waals surface area contributed by atoms with Crippen molar-refractivity contribution in [2.24, 2.45) is 5.41 Å². The topological polar surface area (TPSA) is 97.5 Å². The van der Waals surface area contributed by atoms with Crippen molar-refractivity contribution in [3.63, 3.8) is 0 Å². The van der Waals surface area contributed by atoms with E-state index in [2.05, 4.69) is 31.1 Å². The summed E-state index contributed by atoms with van der Waals surface area (Å²) >= 11 is 0. The normalized spacial score (nSPS) is 11.3. The third-order valence-corrected chi connectivity index (χ3v) is 5.31. The Morgan fingerprint density at radius 1 is 1.17 bits per heavy atom. The van der Waals surface area contributed by atoms with Crippen molar-refractivity contribution in [2.75, 3.05) is 18.9 Å². The fourth-order valence-electron chi connectivity index (χ4n) is 3.30. The highest BCUT2D eigenvalue weighted by Crippen LogP contribution is 2.30. The van der Waals surface area contributed by atoms with Gasteiger partial charge in [-0.2, -0.15) is 0 Å². The van der Waals surface area contributed by atoms with Gasteiger partial charge in [0.25, 0.3) is 5.91 Å². The number of nitrogen functional groups attached to an aromatic ring is 1. The number of pyridine rings is 1. The molecule has 1 amide bonds. The summed E-state index contributed by atoms with van der Waals surface area (Å²) in [5.41, 5.74) is 8.13. The van der Waals surface area contributed by atoms with E-state index in [-0.39, 0.29) is 11.3 Å². The lowest BCUT2D eigenvalue weighted by molar-refractivity contribution is 0.0933. The molecule has 0 aliphatic carbocycles. The lowest BCUT2D eigenvalue weighted by Crippen LogP contribution is -2.34. The molecule has 0 unspecified atom stereocenters. The van der Waals surface area contributed by atoms with E-state index in [0.717, 1.165) is 49.0 Å². The predicted molar refractivity (Wildman–Crippen MR) is 121 cm³/mol. The highest BCUT2D eigenvalue weighted by Gasteiger charge is 2.19. The number of nitrogens with one attached hydrogen (secondary N) is 1. The molecule has 6 heteroatoms. The van der Waals surface area contributed by atoms with Crippen LogP contribution < -0.4 is 15.8 Å². The number of carbonyl (C=O) groups excluding carboxylic acids is 1. The van der Waals surface area contributed by atoms with E-state index in [1.54, 1.807) is 18.2 Å². The number of rotatable bonds is 11. The number of nitrogens with zero attached hydrogens (tertiary/aromatic N) is 1. The van der Waals surface area contributed by atoms with Crippen LogP contribution in [0.5, 0.6) is 11.5 Å². The van der Waals surface area contributed by atoms with Crippen molar-refractivity contribution in [2.45, 2.75) is 59.8 Å². The lowest BCUT2D eigenvalue weighted by atomic mass is 9.87. The van der Waals surface area contributed by atoms with E-state index in [9.17, 15) is 9.90 Å². The van der Waals surface area contributed by atoms with Crippen LogP contribution in [0.15, 0.2) is 30.5 Å². The van der Waals surface area contributed by atoms with Crippen LogP contribution in [0.1, 0.15) is 68.4 Å². The molecule has 0 aliphatic heterocycles. The molecule has 2 rings (SSSR count). The number of aromatic nitrogens is 1. The van der Waals surface area contributed by atoms with Gasteiger partial charge in [-0.25, -0.2) is 4.98 Å². The number of benzene rings is 1. The van der Waals surface area contributed by atoms with Crippen LogP contribution in [0.4, 0.5) is 5.82 Å². The van der Waals surface area contributed by atoms with Crippen LogP contribution >= 0.6 is 0 Å². The van der Waals surface area contributed by atoms with Crippen LogP contribution in [0.3, 0.4) is 0 Å². The second-order valence-corrected chi connectivity index (χ2v) is 8.42. The molecule has 0 atom stereocenters. The largest absolute Gasteiger partial charge is 0.508 e. The number of hydrogen-bond acceptors (Lipinski definition) is 5. The number of phenolic OH excluding ortho intramolecular Hbond substituents is 1. The smallest absolute Gasteiger partial charge is 0.252 e. The fourth-order valence-corrected chi connectivity index (χ4v) is 3.30. The standard InChI is InChI=1S/C24H35N3O3/c1-5-17-13-18(6-2)21(14-20(17)28)30-12-8-7-11-24(3,4)16-27-23(29)19-9-10-22(25)26-15-19/h9-10,13-15,28H,5-8,11-12,16H2,1-4H3,(H2,25,26)(H,27,29). The zero-order chi connectivity index (χ0) is 22.1. The zero-order valence-corrected chi connectivity index (χ0v) is 18.6. The highest BCUT2D eigenvalue weighted by atomic mass is 16.5. The van der Waals surface area contributed by atoms with Crippen LogP contribution in [0, 0.1) is 5.41 Å². The monoisotopic (exact) mass is 413 g/mol. The van der Waals surface area contributed by atoms with E-state index < -0.39 is 0 Å². The van der Waals surface area contributed by atoms with Crippen LogP contribution in [-0.2, 0) is 12.8 Å². The van der Waals surface area contributed by atoms with Crippen molar-refractivity contribution in [3.05, 3.63) is 47.2 Å². The quantitative estimate of drug-likeness (QED) is 0.471. The molecule has 1 aromatic heterocycles. The van der Waals surface area contributed by atoms with Gasteiger partial charge in [0, 0.05) is 18.8 Å². The van der Waals surface area contributed by atoms with Gasteiger partial charge in [0.1, 0.15) is 17.3 Å². The Hall–Kier alpha value is -2.76. The van der Waals surface area contributed by atoms with Gasteiger partial charge in [-0.05, 0) is 66.8 Å². The fraction of sp³-hybridized carbons (Fsp3) is 0.500. The number of hydrogen-bond donors (Lipinski definition) is 3. The van der Waals surface area contributed by atoms with Crippen molar-refractivity contribution < 1.29 is 14.6 Å². The van der Waals surface area contributed by atoms with E-state index in [1.165, 1.54) is 6.20 Å². The number of unbranched alkanes of at least 4 members (excludes halogenated alkanes) is 1. The summed E-state index contributed by atoms with van der Waals surface area (Å²) in [4.78, 5) is 16.2. The Morgan fingerprint density at radius 2 is 1.90 bits per heavy atom. The molecule has 1 heterocycles. The van der Waals surface area contributed by atoms with Crippen LogP contribution in [0.25, 0.3) is 0 Å². The van der Waals surface area contributed by atoms with Gasteiger partial charge < -0.3 is 20.9 Å². The van der Waals surface area contributed by atoms with Crippen molar-refractivity contribution in [1.29, 1.82) is 0 Å². The molecule has 164 valence electrons. The van der Waals surface area contributed by atoms with Crippen LogP contribution in [0.2, 0.25) is 0 Å². The number of carbonyl (C=O) groups is 1. The second kappa shape index (κ2) is 10.9. The predicted octanol–water partition coefficient (Wildman–Crippen LogP) is 4.50. The highest BCUT2D eigenvalue weighted by molar-refractivity contribution is 5.94. The maximum Gasteiger partial charge on any atom is 0.252 e. The first kappa shape index (κ1) is 23.5. The zero-order valence-electron chi connectivity index (χ0n) is 18.6. The average Bonchev–Trinajstić information content (AvgIpc) is 2.72. The Balaban J connectivity index is 1.74. The minimum Gasteiger partial charge on any atom is -0.508 e. The van der Waals surface area contributed by atoms with Gasteiger partial charge in [0.2, 0.25) is 0 Å². The third-order valence-electron chi connectivity index (χ3n) is 5.31. The number of ether oxygens (including phenoxy) is 1. The molecule has 4 N–H and O–H groups in total. The Morgan fingerprint density at radius 3 is 2.53 bits per heavy atom. The maximum atomic E-state index is 12.2. The number of phenols is 1. The van der Waals surface area contributed by atoms with Crippen molar-refractivity contribution in [3.8, 4) is 11.5 Å². The van der Waals surface area contributed by atoms with E-state index >= 15 is 0 Å². The van der Waals surface area contributed by atoms with Crippen molar-refractivity contribution >= 4 is 11.7 Å². The first-order chi connectivity index (χ1) is 14.3. The first-order valence-electron chi connectivity index (χ1n) is 10.7. The summed E-state index contributed by atoms with van der Waals surface area (Å²) in [5.74, 6) is 1.34. The summed E-state index contributed by atoms with van der Waals surface area (Å²) in [7, 11) is 0. The summed E-state index contributed by atoms with van der Waals surface area (Å²) in [6, 6.07) is 7.08. The molecule has 30 heavy (non-hydrogen) atoms. The minimum absolute atomic E-state index is 0.0213. The molecular weight excluding hydrogens is 378 g/mol. The number of aromatic hydroxyl groups is 1. The van der Waals surface area contributed by atoms with Crippen molar-refractivity contribution in [1.82, 2.24) is 10.3 Å². The number of nitrogens with two attached hydrogens (primary N) is 1. The summed E-state index contributed by atoms with van der Waals surface area (Å²) in [5, 5.41) is 13.1. The molecule has 0 aliphatic rings. The molecule has 2 aromatic rings. The van der Waals surface area contributed by atoms with Crippen LogP contribution in [-0.4, -0.2) is 29.1 Å². The van der Waals surface area contributed by atoms with Gasteiger partial charge >= 0.3 is 0 Å². The summed E-state index contributed by atoms with van der Waals surface area (Å²) in [6.07, 6.45) is 6.05. The van der Waals surface area contributed by atoms with Gasteiger partial charge in [0.05, 0.1) is 12.2 Å². The van der Waals surface area contributed by atoms with Gasteiger partial charge in [-0.3, -0.25) is 4.79 Å². The first-order valence-corrected chi connectivity index (χ1v) is 10.7. The number of anilines is 1. The minimum atomic E-state index is -0.138. The van der Waals surface area contributed by atoms with Gasteiger partial charge in [-0.15, -0.1) is 0 Å². The average molecular weight is 414 g/mol. The lowest BCUT2D eigenvalue weighted by Gasteiger charge is -2.25. The molecular formula is C24H35N3O3. The SMILES string of the molecule is CCc1cc(CC)c(OCCCCC(C)(C)CNC(=O)c2ccc(N)nc2)cc1O. The molecule has 0 radical (unpaired) electrons. The van der Waals surface area contributed by atoms with Gasteiger partial charge in [0.15, 0.2) is 0 Å². The summed E-state index contributed by atoms with van der Waals surface area (Å²) in [6.45, 7) is 9.61. The maximum absolute atomic E-state index is 12.2. The molecule has 1 aromatic carbocycles. The number of aryl methyl sites for hydroxylation is 2. The second-order valence-electron chi connectivity index (χ2n) is 8.42. The Bertz CT molecular complexity index is 832. The summed E-state index contributed by atoms with van der Waals surface area (Å²) < 4.78 is 5.94. The molecule has 0 saturated carbocycles. The van der Waals surface area contributed by atoms with E-state index in [1.807, 2.05) is 13.0 Å². The molecule has 0 saturated heterocycles. The number of amides is 1. The Kier molecular flexibility index (Phi) is 8.51. The van der Waals surface area contributed by atoms with Gasteiger partial charge in [-0.1, -0.05) is 27.7 Å². The molecule has 6 nitrogen and oxygen atoms in total. The molecule has 0 spiro atoms. The van der Waals surface area contributed by atoms with E-state index in [4.69, 9.17) is 10.5 Å². The molecule has 0 fully saturated rings.